The van der Waals surface area contributed by atoms with E-state index >= 15 is 0 Å². The third kappa shape index (κ3) is 3.24. The van der Waals surface area contributed by atoms with E-state index in [1.807, 2.05) is 36.1 Å². The number of nitrogens with zero attached hydrogens (tertiary/aromatic N) is 2. The van der Waals surface area contributed by atoms with Gasteiger partial charge in [0.1, 0.15) is 6.54 Å². The van der Waals surface area contributed by atoms with E-state index < -0.39 is 0 Å². The van der Waals surface area contributed by atoms with Crippen molar-refractivity contribution >= 4 is 17.5 Å². The van der Waals surface area contributed by atoms with Gasteiger partial charge in [-0.3, -0.25) is 9.59 Å². The van der Waals surface area contributed by atoms with Gasteiger partial charge in [0.05, 0.1) is 0 Å². The minimum Gasteiger partial charge on any atom is -0.396 e. The van der Waals surface area contributed by atoms with Crippen molar-refractivity contribution in [1.29, 1.82) is 0 Å². The van der Waals surface area contributed by atoms with E-state index in [0.717, 1.165) is 30.5 Å². The second-order valence-electron chi connectivity index (χ2n) is 6.63. The summed E-state index contributed by atoms with van der Waals surface area (Å²) in [6.07, 6.45) is 3.06. The van der Waals surface area contributed by atoms with Crippen LogP contribution < -0.4 is 4.90 Å². The molecule has 3 rings (SSSR count). The van der Waals surface area contributed by atoms with Crippen molar-refractivity contribution in [2.75, 3.05) is 24.6 Å². The summed E-state index contributed by atoms with van der Waals surface area (Å²) in [7, 11) is 0. The molecule has 1 fully saturated rings. The number of likely N-dealkylation sites (tertiary alicyclic amines) is 1. The number of carbonyl (C=O) groups excluding carboxylic acids is 2. The maximum absolute atomic E-state index is 12.7. The summed E-state index contributed by atoms with van der Waals surface area (Å²) in [5.74, 6) is 0.139. The van der Waals surface area contributed by atoms with Crippen LogP contribution in [0.15, 0.2) is 24.3 Å². The second kappa shape index (κ2) is 6.71. The van der Waals surface area contributed by atoms with E-state index in [2.05, 4.69) is 0 Å². The van der Waals surface area contributed by atoms with Gasteiger partial charge < -0.3 is 14.9 Å². The average molecular weight is 316 g/mol. The van der Waals surface area contributed by atoms with Crippen LogP contribution in [0.2, 0.25) is 0 Å². The number of carbonyl (C=O) groups is 2. The van der Waals surface area contributed by atoms with Crippen LogP contribution in [-0.2, 0) is 16.0 Å². The molecular formula is C18H24N2O3. The van der Waals surface area contributed by atoms with Gasteiger partial charge in [-0.25, -0.2) is 0 Å². The first-order valence-corrected chi connectivity index (χ1v) is 8.38. The predicted molar refractivity (Wildman–Crippen MR) is 88.1 cm³/mol. The number of para-hydroxylation sites is 1. The summed E-state index contributed by atoms with van der Waals surface area (Å²) < 4.78 is 0. The summed E-state index contributed by atoms with van der Waals surface area (Å²) in [6.45, 7) is 2.83. The molecule has 0 spiro atoms. The number of aliphatic hydroxyl groups is 1. The highest BCUT2D eigenvalue weighted by Crippen LogP contribution is 2.28. The van der Waals surface area contributed by atoms with Crippen LogP contribution in [0.3, 0.4) is 0 Å². The standard InChI is InChI=1S/C18H24N2O3/c1-13-6-7-14(12-21)10-19(13)18(23)11-20-16-5-3-2-4-15(16)8-9-17(20)22/h2-5,13-14,21H,6-12H2,1H3. The van der Waals surface area contributed by atoms with E-state index in [0.29, 0.717) is 13.0 Å². The van der Waals surface area contributed by atoms with Crippen LogP contribution in [0.5, 0.6) is 0 Å². The highest BCUT2D eigenvalue weighted by Gasteiger charge is 2.32. The van der Waals surface area contributed by atoms with E-state index in [1.165, 1.54) is 0 Å². The van der Waals surface area contributed by atoms with Gasteiger partial charge in [0.15, 0.2) is 0 Å². The Balaban J connectivity index is 1.75. The molecule has 5 heteroatoms. The van der Waals surface area contributed by atoms with E-state index in [4.69, 9.17) is 0 Å². The van der Waals surface area contributed by atoms with Crippen molar-refractivity contribution in [2.24, 2.45) is 5.92 Å². The third-order valence-corrected chi connectivity index (χ3v) is 5.04. The van der Waals surface area contributed by atoms with Crippen LogP contribution in [0, 0.1) is 5.92 Å². The molecule has 0 aliphatic carbocycles. The number of aryl methyl sites for hydroxylation is 1. The minimum absolute atomic E-state index is 0.0143. The van der Waals surface area contributed by atoms with Gasteiger partial charge in [-0.05, 0) is 43.7 Å². The summed E-state index contributed by atoms with van der Waals surface area (Å²) in [5.41, 5.74) is 1.99. The molecule has 1 aromatic rings. The number of anilines is 1. The Labute approximate surface area is 136 Å². The molecule has 2 amide bonds. The zero-order chi connectivity index (χ0) is 16.4. The SMILES string of the molecule is CC1CCC(CO)CN1C(=O)CN1C(=O)CCc2ccccc21. The van der Waals surface area contributed by atoms with Crippen LogP contribution in [0.1, 0.15) is 31.7 Å². The number of fused-ring (bicyclic) bond motifs is 1. The fraction of sp³-hybridized carbons (Fsp3) is 0.556. The topological polar surface area (TPSA) is 60.9 Å². The Kier molecular flexibility index (Phi) is 4.66. The number of hydrogen-bond acceptors (Lipinski definition) is 3. The zero-order valence-electron chi connectivity index (χ0n) is 13.6. The Morgan fingerprint density at radius 3 is 2.83 bits per heavy atom. The van der Waals surface area contributed by atoms with E-state index in [1.54, 1.807) is 4.90 Å². The molecule has 0 aromatic heterocycles. The maximum atomic E-state index is 12.7. The Hall–Kier alpha value is -1.88. The molecule has 1 aromatic carbocycles. The molecule has 0 radical (unpaired) electrons. The third-order valence-electron chi connectivity index (χ3n) is 5.04. The first-order valence-electron chi connectivity index (χ1n) is 8.38. The highest BCUT2D eigenvalue weighted by molar-refractivity contribution is 6.01. The first kappa shape index (κ1) is 16.0. The number of piperidine rings is 1. The number of hydrogen-bond donors (Lipinski definition) is 1. The van der Waals surface area contributed by atoms with Crippen LogP contribution >= 0.6 is 0 Å². The second-order valence-corrected chi connectivity index (χ2v) is 6.63. The Morgan fingerprint density at radius 1 is 1.26 bits per heavy atom. The monoisotopic (exact) mass is 316 g/mol. The minimum atomic E-state index is -0.0271. The summed E-state index contributed by atoms with van der Waals surface area (Å²) in [6, 6.07) is 7.97. The Bertz CT molecular complexity index is 602. The molecule has 23 heavy (non-hydrogen) atoms. The van der Waals surface area contributed by atoms with Crippen molar-refractivity contribution in [2.45, 2.75) is 38.6 Å². The molecule has 2 atom stereocenters. The molecule has 0 bridgehead atoms. The van der Waals surface area contributed by atoms with Gasteiger partial charge in [0, 0.05) is 31.3 Å². The van der Waals surface area contributed by atoms with Gasteiger partial charge in [-0.1, -0.05) is 18.2 Å². The van der Waals surface area contributed by atoms with Gasteiger partial charge in [-0.15, -0.1) is 0 Å². The van der Waals surface area contributed by atoms with Crippen molar-refractivity contribution in [3.05, 3.63) is 29.8 Å². The fourth-order valence-corrected chi connectivity index (χ4v) is 3.57. The lowest BCUT2D eigenvalue weighted by molar-refractivity contribution is -0.135. The molecule has 2 aliphatic rings. The predicted octanol–water partition coefficient (Wildman–Crippen LogP) is 1.59. The molecule has 124 valence electrons. The molecule has 5 nitrogen and oxygen atoms in total. The molecule has 1 saturated heterocycles. The van der Waals surface area contributed by atoms with Gasteiger partial charge in [0.2, 0.25) is 11.8 Å². The van der Waals surface area contributed by atoms with Crippen molar-refractivity contribution in [3.63, 3.8) is 0 Å². The molecule has 2 aliphatic heterocycles. The lowest BCUT2D eigenvalue weighted by Crippen LogP contribution is -2.51. The molecular weight excluding hydrogens is 292 g/mol. The molecule has 0 saturated carbocycles. The summed E-state index contributed by atoms with van der Waals surface area (Å²) >= 11 is 0. The summed E-state index contributed by atoms with van der Waals surface area (Å²) in [4.78, 5) is 28.5. The van der Waals surface area contributed by atoms with E-state index in [-0.39, 0.29) is 36.9 Å². The highest BCUT2D eigenvalue weighted by atomic mass is 16.3. The average Bonchev–Trinajstić information content (AvgIpc) is 2.57. The lowest BCUT2D eigenvalue weighted by atomic mass is 9.94. The number of benzene rings is 1. The van der Waals surface area contributed by atoms with Crippen LogP contribution in [0.4, 0.5) is 5.69 Å². The van der Waals surface area contributed by atoms with Crippen LogP contribution in [-0.4, -0.2) is 47.6 Å². The smallest absolute Gasteiger partial charge is 0.242 e. The van der Waals surface area contributed by atoms with Crippen LogP contribution in [0.25, 0.3) is 0 Å². The van der Waals surface area contributed by atoms with Crippen molar-refractivity contribution in [3.8, 4) is 0 Å². The van der Waals surface area contributed by atoms with E-state index in [9.17, 15) is 14.7 Å². The zero-order valence-corrected chi connectivity index (χ0v) is 13.6. The van der Waals surface area contributed by atoms with Gasteiger partial charge in [-0.2, -0.15) is 0 Å². The summed E-state index contributed by atoms with van der Waals surface area (Å²) in [5, 5.41) is 9.37. The lowest BCUT2D eigenvalue weighted by Gasteiger charge is -2.39. The van der Waals surface area contributed by atoms with Crippen molar-refractivity contribution < 1.29 is 14.7 Å². The van der Waals surface area contributed by atoms with Crippen molar-refractivity contribution in [1.82, 2.24) is 4.90 Å². The quantitative estimate of drug-likeness (QED) is 0.921. The largest absolute Gasteiger partial charge is 0.396 e. The normalized spacial score (nSPS) is 24.5. The fourth-order valence-electron chi connectivity index (χ4n) is 3.57. The number of rotatable bonds is 3. The first-order chi connectivity index (χ1) is 11.1. The van der Waals surface area contributed by atoms with Gasteiger partial charge in [0.25, 0.3) is 0 Å². The Morgan fingerprint density at radius 2 is 2.04 bits per heavy atom. The molecule has 1 N–H and O–H groups in total. The maximum Gasteiger partial charge on any atom is 0.242 e. The number of aliphatic hydroxyl groups excluding tert-OH is 1. The van der Waals surface area contributed by atoms with Gasteiger partial charge >= 0.3 is 0 Å². The molecule has 2 unspecified atom stereocenters. The molecule has 2 heterocycles. The number of amides is 2.